The quantitative estimate of drug-likeness (QED) is 0.847. The summed E-state index contributed by atoms with van der Waals surface area (Å²) in [6, 6.07) is 6.06. The van der Waals surface area contributed by atoms with Crippen LogP contribution < -0.4 is 5.32 Å². The Balaban J connectivity index is 2.65. The number of hydrogen-bond donors (Lipinski definition) is 1. The van der Waals surface area contributed by atoms with Crippen molar-refractivity contribution in [3.05, 3.63) is 35.6 Å². The van der Waals surface area contributed by atoms with Crippen molar-refractivity contribution in [2.75, 3.05) is 0 Å². The third-order valence-electron chi connectivity index (χ3n) is 2.35. The number of nitrogens with one attached hydrogen (secondary N) is 1. The van der Waals surface area contributed by atoms with Crippen molar-refractivity contribution in [3.8, 4) is 0 Å². The molecule has 0 fully saturated rings. The minimum absolute atomic E-state index is 0.0701. The lowest BCUT2D eigenvalue weighted by atomic mass is 10.1. The number of carbonyl (C=O) groups excluding carboxylic acids is 1. The van der Waals surface area contributed by atoms with Crippen LogP contribution in [0.5, 0.6) is 0 Å². The number of hydrogen-bond acceptors (Lipinski definition) is 1. The summed E-state index contributed by atoms with van der Waals surface area (Å²) in [6.07, 6.45) is 0.724. The second kappa shape index (κ2) is 5.99. The van der Waals surface area contributed by atoms with Gasteiger partial charge in [-0.25, -0.2) is 4.39 Å². The third-order valence-corrected chi connectivity index (χ3v) is 3.41. The molecule has 4 heteroatoms. The Bertz CT molecular complexity index is 370. The SMILES string of the molecule is CCC(Br)C(=O)N[C@@H](C)c1cccc(F)c1. The van der Waals surface area contributed by atoms with E-state index in [1.807, 2.05) is 13.8 Å². The van der Waals surface area contributed by atoms with Crippen LogP contribution in [0.4, 0.5) is 4.39 Å². The van der Waals surface area contributed by atoms with E-state index in [0.717, 1.165) is 12.0 Å². The summed E-state index contributed by atoms with van der Waals surface area (Å²) in [5, 5.41) is 2.82. The molecule has 0 radical (unpaired) electrons. The second-order valence-electron chi connectivity index (χ2n) is 3.66. The fourth-order valence-electron chi connectivity index (χ4n) is 1.35. The normalized spacial score (nSPS) is 14.2. The van der Waals surface area contributed by atoms with E-state index in [0.29, 0.717) is 0 Å². The van der Waals surface area contributed by atoms with Crippen LogP contribution >= 0.6 is 15.9 Å². The first-order chi connectivity index (χ1) is 7.54. The molecule has 88 valence electrons. The van der Waals surface area contributed by atoms with Gasteiger partial charge in [0, 0.05) is 0 Å². The molecule has 1 amide bonds. The Morgan fingerprint density at radius 2 is 2.25 bits per heavy atom. The highest BCUT2D eigenvalue weighted by Crippen LogP contribution is 2.15. The molecule has 0 aliphatic carbocycles. The summed E-state index contributed by atoms with van der Waals surface area (Å²) in [7, 11) is 0. The van der Waals surface area contributed by atoms with Crippen LogP contribution in [0.2, 0.25) is 0 Å². The highest BCUT2D eigenvalue weighted by Gasteiger charge is 2.15. The molecule has 0 aromatic heterocycles. The van der Waals surface area contributed by atoms with E-state index in [-0.39, 0.29) is 22.6 Å². The fourth-order valence-corrected chi connectivity index (χ4v) is 1.48. The minimum atomic E-state index is -0.288. The summed E-state index contributed by atoms with van der Waals surface area (Å²) in [4.78, 5) is 11.4. The van der Waals surface area contributed by atoms with E-state index in [9.17, 15) is 9.18 Å². The van der Waals surface area contributed by atoms with Crippen LogP contribution in [-0.2, 0) is 4.79 Å². The number of carbonyl (C=O) groups is 1. The lowest BCUT2D eigenvalue weighted by Gasteiger charge is -2.16. The molecular weight excluding hydrogens is 273 g/mol. The fraction of sp³-hybridized carbons (Fsp3) is 0.417. The van der Waals surface area contributed by atoms with Gasteiger partial charge in [-0.15, -0.1) is 0 Å². The number of benzene rings is 1. The molecule has 1 aromatic carbocycles. The highest BCUT2D eigenvalue weighted by molar-refractivity contribution is 9.10. The molecule has 0 spiro atoms. The van der Waals surface area contributed by atoms with Crippen LogP contribution in [-0.4, -0.2) is 10.7 Å². The Hall–Kier alpha value is -0.900. The molecule has 0 heterocycles. The second-order valence-corrected chi connectivity index (χ2v) is 4.77. The molecule has 0 saturated heterocycles. The van der Waals surface area contributed by atoms with Gasteiger partial charge in [-0.05, 0) is 31.0 Å². The number of amides is 1. The van der Waals surface area contributed by atoms with Gasteiger partial charge in [0.25, 0.3) is 0 Å². The molecular formula is C12H15BrFNO. The first-order valence-electron chi connectivity index (χ1n) is 5.24. The van der Waals surface area contributed by atoms with Gasteiger partial charge >= 0.3 is 0 Å². The van der Waals surface area contributed by atoms with Gasteiger partial charge in [0.1, 0.15) is 5.82 Å². The summed E-state index contributed by atoms with van der Waals surface area (Å²) in [5.41, 5.74) is 0.768. The van der Waals surface area contributed by atoms with Crippen molar-refractivity contribution >= 4 is 21.8 Å². The van der Waals surface area contributed by atoms with Crippen molar-refractivity contribution in [1.82, 2.24) is 5.32 Å². The average Bonchev–Trinajstić information content (AvgIpc) is 2.27. The predicted octanol–water partition coefficient (Wildman–Crippen LogP) is 3.18. The van der Waals surface area contributed by atoms with Gasteiger partial charge in [-0.3, -0.25) is 4.79 Å². The van der Waals surface area contributed by atoms with Crippen molar-refractivity contribution < 1.29 is 9.18 Å². The van der Waals surface area contributed by atoms with Gasteiger partial charge in [-0.1, -0.05) is 35.0 Å². The van der Waals surface area contributed by atoms with Gasteiger partial charge in [0.15, 0.2) is 0 Å². The van der Waals surface area contributed by atoms with E-state index in [4.69, 9.17) is 0 Å². The summed E-state index contributed by atoms with van der Waals surface area (Å²) in [5.74, 6) is -0.358. The summed E-state index contributed by atoms with van der Waals surface area (Å²) < 4.78 is 13.0. The van der Waals surface area contributed by atoms with Crippen molar-refractivity contribution in [2.45, 2.75) is 31.1 Å². The molecule has 0 saturated carbocycles. The van der Waals surface area contributed by atoms with Gasteiger partial charge in [0.2, 0.25) is 5.91 Å². The van der Waals surface area contributed by atoms with Crippen LogP contribution in [0.3, 0.4) is 0 Å². The van der Waals surface area contributed by atoms with E-state index >= 15 is 0 Å². The zero-order chi connectivity index (χ0) is 12.1. The lowest BCUT2D eigenvalue weighted by molar-refractivity contribution is -0.121. The molecule has 1 rings (SSSR count). The maximum atomic E-state index is 13.0. The molecule has 16 heavy (non-hydrogen) atoms. The van der Waals surface area contributed by atoms with Crippen molar-refractivity contribution in [1.29, 1.82) is 0 Å². The van der Waals surface area contributed by atoms with Gasteiger partial charge in [0.05, 0.1) is 10.9 Å². The number of halogens is 2. The monoisotopic (exact) mass is 287 g/mol. The zero-order valence-corrected chi connectivity index (χ0v) is 10.9. The Labute approximate surface area is 103 Å². The molecule has 2 nitrogen and oxygen atoms in total. The maximum absolute atomic E-state index is 13.0. The standard InChI is InChI=1S/C12H15BrFNO/c1-3-11(13)12(16)15-8(2)9-5-4-6-10(14)7-9/h4-8,11H,3H2,1-2H3,(H,15,16)/t8-,11?/m0/s1. The molecule has 0 aliphatic rings. The Kier molecular flexibility index (Phi) is 4.93. The topological polar surface area (TPSA) is 29.1 Å². The van der Waals surface area contributed by atoms with Gasteiger partial charge < -0.3 is 5.32 Å². The first-order valence-corrected chi connectivity index (χ1v) is 6.16. The predicted molar refractivity (Wildman–Crippen MR) is 66.0 cm³/mol. The lowest BCUT2D eigenvalue weighted by Crippen LogP contribution is -2.32. The largest absolute Gasteiger partial charge is 0.349 e. The summed E-state index contributed by atoms with van der Waals surface area (Å²) >= 11 is 3.27. The average molecular weight is 288 g/mol. The molecule has 1 unspecified atom stereocenters. The third kappa shape index (κ3) is 3.59. The van der Waals surface area contributed by atoms with Crippen molar-refractivity contribution in [3.63, 3.8) is 0 Å². The zero-order valence-electron chi connectivity index (χ0n) is 9.34. The molecule has 0 aliphatic heterocycles. The molecule has 2 atom stereocenters. The summed E-state index contributed by atoms with van der Waals surface area (Å²) in [6.45, 7) is 3.76. The van der Waals surface area contributed by atoms with Crippen LogP contribution in [0, 0.1) is 5.82 Å². The Morgan fingerprint density at radius 1 is 1.56 bits per heavy atom. The number of alkyl halides is 1. The van der Waals surface area contributed by atoms with Crippen molar-refractivity contribution in [2.24, 2.45) is 0 Å². The first kappa shape index (κ1) is 13.2. The van der Waals surface area contributed by atoms with Crippen LogP contribution in [0.25, 0.3) is 0 Å². The van der Waals surface area contributed by atoms with E-state index in [1.165, 1.54) is 12.1 Å². The smallest absolute Gasteiger partial charge is 0.234 e. The number of rotatable bonds is 4. The molecule has 1 N–H and O–H groups in total. The molecule has 1 aromatic rings. The Morgan fingerprint density at radius 3 is 2.81 bits per heavy atom. The van der Waals surface area contributed by atoms with E-state index < -0.39 is 0 Å². The van der Waals surface area contributed by atoms with Crippen LogP contribution in [0.1, 0.15) is 31.9 Å². The van der Waals surface area contributed by atoms with Gasteiger partial charge in [-0.2, -0.15) is 0 Å². The minimum Gasteiger partial charge on any atom is -0.349 e. The van der Waals surface area contributed by atoms with Crippen LogP contribution in [0.15, 0.2) is 24.3 Å². The van der Waals surface area contributed by atoms with E-state index in [1.54, 1.807) is 12.1 Å². The molecule has 0 bridgehead atoms. The highest BCUT2D eigenvalue weighted by atomic mass is 79.9. The maximum Gasteiger partial charge on any atom is 0.234 e. The van der Waals surface area contributed by atoms with E-state index in [2.05, 4.69) is 21.2 Å².